The maximum absolute atomic E-state index is 12.9. The number of amides is 1. The van der Waals surface area contributed by atoms with Gasteiger partial charge in [0.2, 0.25) is 11.6 Å². The van der Waals surface area contributed by atoms with Crippen LogP contribution in [0.5, 0.6) is 0 Å². The number of rotatable bonds is 7. The summed E-state index contributed by atoms with van der Waals surface area (Å²) in [6, 6.07) is 15.2. The van der Waals surface area contributed by atoms with Crippen molar-refractivity contribution >= 4 is 40.8 Å². The van der Waals surface area contributed by atoms with Crippen LogP contribution in [0.3, 0.4) is 0 Å². The fourth-order valence-electron chi connectivity index (χ4n) is 2.84. The number of nitrogens with zero attached hydrogens (tertiary/aromatic N) is 6. The number of hydrogen-bond donors (Lipinski definition) is 2. The Morgan fingerprint density at radius 3 is 2.58 bits per heavy atom. The lowest BCUT2D eigenvalue weighted by atomic mass is 10.1. The van der Waals surface area contributed by atoms with Gasteiger partial charge in [0.1, 0.15) is 0 Å². The lowest BCUT2D eigenvalue weighted by Gasteiger charge is -2.06. The monoisotopic (exact) mass is 482 g/mol. The number of halogens is 1. The van der Waals surface area contributed by atoms with Crippen molar-refractivity contribution in [1.82, 2.24) is 30.7 Å². The molecule has 0 fully saturated rings. The zero-order valence-electron chi connectivity index (χ0n) is 17.7. The van der Waals surface area contributed by atoms with Crippen molar-refractivity contribution in [2.75, 3.05) is 5.73 Å². The molecule has 0 aliphatic rings. The number of benzene rings is 2. The van der Waals surface area contributed by atoms with Crippen molar-refractivity contribution in [3.05, 3.63) is 76.1 Å². The lowest BCUT2D eigenvalue weighted by Crippen LogP contribution is -2.21. The van der Waals surface area contributed by atoms with Crippen LogP contribution in [0.1, 0.15) is 34.2 Å². The van der Waals surface area contributed by atoms with Crippen molar-refractivity contribution in [3.63, 3.8) is 0 Å². The number of hydrazone groups is 1. The molecule has 0 saturated carbocycles. The number of aromatic nitrogens is 5. The Morgan fingerprint density at radius 1 is 1.18 bits per heavy atom. The molecule has 0 radical (unpaired) electrons. The van der Waals surface area contributed by atoms with E-state index in [-0.39, 0.29) is 17.3 Å². The number of aryl methyl sites for hydroxylation is 1. The molecule has 1 amide bonds. The van der Waals surface area contributed by atoms with Crippen LogP contribution in [-0.4, -0.2) is 36.9 Å². The Labute approximate surface area is 198 Å². The van der Waals surface area contributed by atoms with Gasteiger partial charge in [-0.2, -0.15) is 9.78 Å². The molecule has 0 saturated heterocycles. The fraction of sp³-hybridized carbons (Fsp3) is 0.143. The Hall–Kier alpha value is -3.70. The first-order chi connectivity index (χ1) is 15.9. The van der Waals surface area contributed by atoms with Crippen molar-refractivity contribution in [3.8, 4) is 5.82 Å². The highest BCUT2D eigenvalue weighted by molar-refractivity contribution is 7.98. The van der Waals surface area contributed by atoms with Gasteiger partial charge in [-0.05, 0) is 54.0 Å². The number of carbonyl (C=O) groups excluding carboxylic acids is 1. The second-order valence-corrected chi connectivity index (χ2v) is 8.50. The number of nitrogens with one attached hydrogen (secondary N) is 1. The third-order valence-corrected chi connectivity index (χ3v) is 5.93. The third-order valence-electron chi connectivity index (χ3n) is 4.66. The van der Waals surface area contributed by atoms with E-state index in [1.54, 1.807) is 19.1 Å². The first kappa shape index (κ1) is 22.5. The molecule has 2 aromatic carbocycles. The van der Waals surface area contributed by atoms with Crippen LogP contribution < -0.4 is 11.2 Å². The zero-order valence-corrected chi connectivity index (χ0v) is 19.3. The van der Waals surface area contributed by atoms with E-state index < -0.39 is 5.91 Å². The van der Waals surface area contributed by atoms with Crippen LogP contribution in [0.25, 0.3) is 5.82 Å². The Bertz CT molecular complexity index is 1300. The van der Waals surface area contributed by atoms with E-state index in [0.29, 0.717) is 22.2 Å². The van der Waals surface area contributed by atoms with Gasteiger partial charge < -0.3 is 5.73 Å². The fourth-order valence-corrected chi connectivity index (χ4v) is 3.86. The molecule has 2 aromatic heterocycles. The molecule has 0 atom stereocenters. The highest BCUT2D eigenvalue weighted by Crippen LogP contribution is 2.26. The highest BCUT2D eigenvalue weighted by atomic mass is 35.5. The molecular formula is C21H19ClN8O2S. The van der Waals surface area contributed by atoms with Crippen LogP contribution in [0.4, 0.5) is 5.82 Å². The van der Waals surface area contributed by atoms with E-state index in [2.05, 4.69) is 35.8 Å². The highest BCUT2D eigenvalue weighted by Gasteiger charge is 2.24. The summed E-state index contributed by atoms with van der Waals surface area (Å²) in [6.07, 6.45) is 0. The smallest absolute Gasteiger partial charge is 0.293 e. The normalized spacial score (nSPS) is 11.5. The molecule has 0 aliphatic carbocycles. The Kier molecular flexibility index (Phi) is 6.71. The Balaban J connectivity index is 1.59. The number of carbonyl (C=O) groups is 1. The van der Waals surface area contributed by atoms with Crippen LogP contribution in [0, 0.1) is 6.92 Å². The van der Waals surface area contributed by atoms with E-state index >= 15 is 0 Å². The second kappa shape index (κ2) is 9.84. The molecule has 0 unspecified atom stereocenters. The molecular weight excluding hydrogens is 464 g/mol. The van der Waals surface area contributed by atoms with Gasteiger partial charge in [-0.1, -0.05) is 46.6 Å². The molecule has 2 heterocycles. The summed E-state index contributed by atoms with van der Waals surface area (Å²) in [5.74, 6) is 0.0291. The van der Waals surface area contributed by atoms with Gasteiger partial charge in [0.25, 0.3) is 5.91 Å². The summed E-state index contributed by atoms with van der Waals surface area (Å²) in [7, 11) is 0. The average molecular weight is 483 g/mol. The zero-order chi connectivity index (χ0) is 23.4. The topological polar surface area (TPSA) is 137 Å². The van der Waals surface area contributed by atoms with Gasteiger partial charge in [-0.15, -0.1) is 16.9 Å². The van der Waals surface area contributed by atoms with Crippen molar-refractivity contribution in [1.29, 1.82) is 0 Å². The summed E-state index contributed by atoms with van der Waals surface area (Å²) in [5, 5.41) is 20.2. The molecule has 0 aliphatic heterocycles. The lowest BCUT2D eigenvalue weighted by molar-refractivity contribution is 0.0949. The molecule has 168 valence electrons. The maximum Gasteiger partial charge on any atom is 0.293 e. The average Bonchev–Trinajstić information content (AvgIpc) is 3.43. The van der Waals surface area contributed by atoms with Crippen LogP contribution in [0.2, 0.25) is 5.02 Å². The predicted octanol–water partition coefficient (Wildman–Crippen LogP) is 3.64. The SMILES string of the molecule is C/C(=N\NC(=O)c1nnn(-c2nonc2N)c1CSc1ccc(C)cc1)c1ccc(Cl)cc1. The number of thioether (sulfide) groups is 1. The van der Waals surface area contributed by atoms with Crippen LogP contribution in [0.15, 0.2) is 63.2 Å². The predicted molar refractivity (Wildman–Crippen MR) is 125 cm³/mol. The van der Waals surface area contributed by atoms with Gasteiger partial charge >= 0.3 is 0 Å². The first-order valence-corrected chi connectivity index (χ1v) is 11.1. The maximum atomic E-state index is 12.9. The number of anilines is 1. The van der Waals surface area contributed by atoms with Crippen LogP contribution in [-0.2, 0) is 5.75 Å². The second-order valence-electron chi connectivity index (χ2n) is 7.02. The summed E-state index contributed by atoms with van der Waals surface area (Å²) in [5.41, 5.74) is 11.5. The molecule has 0 bridgehead atoms. The summed E-state index contributed by atoms with van der Waals surface area (Å²) in [4.78, 5) is 13.9. The van der Waals surface area contributed by atoms with Gasteiger partial charge in [-0.25, -0.2) is 10.1 Å². The van der Waals surface area contributed by atoms with E-state index in [9.17, 15) is 4.79 Å². The minimum Gasteiger partial charge on any atom is -0.378 e. The molecule has 4 aromatic rings. The van der Waals surface area contributed by atoms with Gasteiger partial charge in [-0.3, -0.25) is 4.79 Å². The molecule has 0 spiro atoms. The molecule has 12 heteroatoms. The summed E-state index contributed by atoms with van der Waals surface area (Å²) < 4.78 is 6.03. The number of nitrogens with two attached hydrogens (primary N) is 1. The summed E-state index contributed by atoms with van der Waals surface area (Å²) in [6.45, 7) is 3.79. The molecule has 33 heavy (non-hydrogen) atoms. The number of hydrogen-bond acceptors (Lipinski definition) is 9. The van der Waals surface area contributed by atoms with E-state index in [4.69, 9.17) is 17.3 Å². The van der Waals surface area contributed by atoms with Gasteiger partial charge in [0.15, 0.2) is 5.69 Å². The van der Waals surface area contributed by atoms with Crippen LogP contribution >= 0.6 is 23.4 Å². The standard InChI is InChI=1S/C21H19ClN8O2S/c1-12-3-9-16(10-4-12)33-11-17-18(25-29-30(17)20-19(23)27-32-28-20)21(31)26-24-13(2)14-5-7-15(22)8-6-14/h3-10H,11H2,1-2H3,(H2,23,27)(H,26,31)/b24-13+. The minimum atomic E-state index is -0.524. The van der Waals surface area contributed by atoms with E-state index in [1.165, 1.54) is 16.4 Å². The number of nitrogen functional groups attached to an aromatic ring is 1. The first-order valence-electron chi connectivity index (χ1n) is 9.75. The summed E-state index contributed by atoms with van der Waals surface area (Å²) >= 11 is 7.43. The Morgan fingerprint density at radius 2 is 1.91 bits per heavy atom. The third kappa shape index (κ3) is 5.21. The van der Waals surface area contributed by atoms with Crippen molar-refractivity contribution < 1.29 is 9.42 Å². The quantitative estimate of drug-likeness (QED) is 0.231. The van der Waals surface area contributed by atoms with E-state index in [1.807, 2.05) is 43.3 Å². The molecule has 3 N–H and O–H groups in total. The van der Waals surface area contributed by atoms with Crippen molar-refractivity contribution in [2.45, 2.75) is 24.5 Å². The molecule has 10 nitrogen and oxygen atoms in total. The van der Waals surface area contributed by atoms with E-state index in [0.717, 1.165) is 16.0 Å². The van der Waals surface area contributed by atoms with Gasteiger partial charge in [0, 0.05) is 15.7 Å². The van der Waals surface area contributed by atoms with Gasteiger partial charge in [0.05, 0.1) is 11.4 Å². The largest absolute Gasteiger partial charge is 0.378 e. The minimum absolute atomic E-state index is 0.0325. The van der Waals surface area contributed by atoms with Crippen molar-refractivity contribution in [2.24, 2.45) is 5.10 Å². The molecule has 4 rings (SSSR count).